The van der Waals surface area contributed by atoms with Gasteiger partial charge < -0.3 is 25.4 Å². The Hall–Kier alpha value is -1.52. The van der Waals surface area contributed by atoms with Gasteiger partial charge in [-0.25, -0.2) is 4.98 Å². The van der Waals surface area contributed by atoms with Crippen LogP contribution in [0.15, 0.2) is 6.33 Å². The van der Waals surface area contributed by atoms with Crippen molar-refractivity contribution in [3.05, 3.63) is 11.6 Å². The average molecular weight is 384 g/mol. The first-order valence-electron chi connectivity index (χ1n) is 8.87. The van der Waals surface area contributed by atoms with Gasteiger partial charge in [0.1, 0.15) is 18.3 Å². The molecule has 0 spiro atoms. The van der Waals surface area contributed by atoms with E-state index in [1.165, 1.54) is 30.2 Å². The van der Waals surface area contributed by atoms with E-state index in [0.717, 1.165) is 12.8 Å². The highest BCUT2D eigenvalue weighted by Gasteiger charge is 2.44. The van der Waals surface area contributed by atoms with Gasteiger partial charge in [0, 0.05) is 6.04 Å². The molecule has 4 atom stereocenters. The van der Waals surface area contributed by atoms with Gasteiger partial charge in [-0.3, -0.25) is 4.57 Å². The van der Waals surface area contributed by atoms with Crippen LogP contribution in [0.3, 0.4) is 0 Å². The van der Waals surface area contributed by atoms with Crippen LogP contribution in [0, 0.1) is 0 Å². The Morgan fingerprint density at radius 1 is 1.19 bits per heavy atom. The Balaban J connectivity index is 1.67. The summed E-state index contributed by atoms with van der Waals surface area (Å²) in [5, 5.41) is 33.0. The molecule has 3 heterocycles. The number of anilines is 1. The van der Waals surface area contributed by atoms with E-state index in [1.54, 1.807) is 0 Å². The summed E-state index contributed by atoms with van der Waals surface area (Å²) in [5.74, 6) is 0.553. The predicted molar refractivity (Wildman–Crippen MR) is 93.8 cm³/mol. The Morgan fingerprint density at radius 3 is 2.65 bits per heavy atom. The molecule has 4 N–H and O–H groups in total. The second kappa shape index (κ2) is 7.24. The summed E-state index contributed by atoms with van der Waals surface area (Å²) in [6.45, 7) is -0.397. The SMILES string of the molecule is OC[C@H]1O[C@@H](n2cnc3c(NC4CCCCC4)nc(Cl)nc32)[C@@H](O)[C@H]1O. The first-order valence-corrected chi connectivity index (χ1v) is 9.25. The van der Waals surface area contributed by atoms with Gasteiger partial charge >= 0.3 is 0 Å². The van der Waals surface area contributed by atoms with Crippen molar-refractivity contribution in [1.82, 2.24) is 19.5 Å². The van der Waals surface area contributed by atoms with Crippen LogP contribution in [0.2, 0.25) is 5.28 Å². The summed E-state index contributed by atoms with van der Waals surface area (Å²) in [6.07, 6.45) is 3.02. The van der Waals surface area contributed by atoms with Gasteiger partial charge in [0.05, 0.1) is 12.9 Å². The molecule has 10 heteroatoms. The number of fused-ring (bicyclic) bond motifs is 1. The normalized spacial score (nSPS) is 30.2. The Labute approximate surface area is 155 Å². The van der Waals surface area contributed by atoms with Crippen LogP contribution in [0.25, 0.3) is 11.2 Å². The lowest BCUT2D eigenvalue weighted by molar-refractivity contribution is -0.0511. The lowest BCUT2D eigenvalue weighted by atomic mass is 9.95. The minimum absolute atomic E-state index is 0.0595. The molecule has 0 amide bonds. The van der Waals surface area contributed by atoms with Gasteiger partial charge in [-0.05, 0) is 24.4 Å². The highest BCUT2D eigenvalue weighted by atomic mass is 35.5. The van der Waals surface area contributed by atoms with Crippen molar-refractivity contribution in [2.75, 3.05) is 11.9 Å². The Kier molecular flexibility index (Phi) is 4.98. The predicted octanol–water partition coefficient (Wildman–Crippen LogP) is 0.836. The third-order valence-corrected chi connectivity index (χ3v) is 5.30. The summed E-state index contributed by atoms with van der Waals surface area (Å²) in [6, 6.07) is 0.317. The highest BCUT2D eigenvalue weighted by Crippen LogP contribution is 2.33. The lowest BCUT2D eigenvalue weighted by Gasteiger charge is -2.23. The molecule has 0 aromatic carbocycles. The quantitative estimate of drug-likeness (QED) is 0.572. The number of aromatic nitrogens is 4. The summed E-state index contributed by atoms with van der Waals surface area (Å²) in [7, 11) is 0. The maximum atomic E-state index is 10.3. The van der Waals surface area contributed by atoms with E-state index in [0.29, 0.717) is 23.0 Å². The van der Waals surface area contributed by atoms with E-state index in [4.69, 9.17) is 16.3 Å². The molecule has 1 saturated carbocycles. The fourth-order valence-corrected chi connectivity index (χ4v) is 3.89. The minimum atomic E-state index is -1.21. The first-order chi connectivity index (χ1) is 12.6. The number of hydrogen-bond acceptors (Lipinski definition) is 8. The number of aliphatic hydroxyl groups excluding tert-OH is 3. The van der Waals surface area contributed by atoms with E-state index < -0.39 is 31.1 Å². The topological polar surface area (TPSA) is 126 Å². The molecule has 0 bridgehead atoms. The summed E-state index contributed by atoms with van der Waals surface area (Å²) in [4.78, 5) is 12.9. The molecule has 26 heavy (non-hydrogen) atoms. The number of rotatable bonds is 4. The van der Waals surface area contributed by atoms with Gasteiger partial charge in [-0.2, -0.15) is 9.97 Å². The third-order valence-electron chi connectivity index (χ3n) is 5.13. The van der Waals surface area contributed by atoms with Crippen molar-refractivity contribution in [2.24, 2.45) is 0 Å². The zero-order chi connectivity index (χ0) is 18.3. The monoisotopic (exact) mass is 383 g/mol. The van der Waals surface area contributed by atoms with Crippen molar-refractivity contribution in [2.45, 2.75) is 62.7 Å². The van der Waals surface area contributed by atoms with Gasteiger partial charge in [0.2, 0.25) is 5.28 Å². The summed E-state index contributed by atoms with van der Waals surface area (Å²) < 4.78 is 7.08. The molecule has 9 nitrogen and oxygen atoms in total. The molecular formula is C16H22ClN5O4. The molecule has 1 saturated heterocycles. The second-order valence-electron chi connectivity index (χ2n) is 6.87. The molecule has 2 aromatic heterocycles. The fraction of sp³-hybridized carbons (Fsp3) is 0.688. The molecular weight excluding hydrogens is 362 g/mol. The largest absolute Gasteiger partial charge is 0.394 e. The van der Waals surface area contributed by atoms with Crippen LogP contribution >= 0.6 is 11.6 Å². The van der Waals surface area contributed by atoms with Crippen LogP contribution < -0.4 is 5.32 Å². The number of nitrogens with one attached hydrogen (secondary N) is 1. The number of ether oxygens (including phenoxy) is 1. The van der Waals surface area contributed by atoms with Crippen LogP contribution in [-0.4, -0.2) is 65.8 Å². The van der Waals surface area contributed by atoms with E-state index in [9.17, 15) is 15.3 Å². The van der Waals surface area contributed by atoms with E-state index >= 15 is 0 Å². The average Bonchev–Trinajstić information content (AvgIpc) is 3.17. The highest BCUT2D eigenvalue weighted by molar-refractivity contribution is 6.28. The van der Waals surface area contributed by atoms with E-state index in [2.05, 4.69) is 20.3 Å². The summed E-state index contributed by atoms with van der Waals surface area (Å²) >= 11 is 6.10. The molecule has 2 aromatic rings. The van der Waals surface area contributed by atoms with Gasteiger partial charge in [-0.1, -0.05) is 19.3 Å². The van der Waals surface area contributed by atoms with Gasteiger partial charge in [-0.15, -0.1) is 0 Å². The van der Waals surface area contributed by atoms with Crippen LogP contribution in [0.4, 0.5) is 5.82 Å². The van der Waals surface area contributed by atoms with Crippen LogP contribution in [0.1, 0.15) is 38.3 Å². The maximum Gasteiger partial charge on any atom is 0.226 e. The van der Waals surface area contributed by atoms with Crippen LogP contribution in [0.5, 0.6) is 0 Å². The number of aliphatic hydroxyl groups is 3. The smallest absolute Gasteiger partial charge is 0.226 e. The molecule has 1 aliphatic carbocycles. The van der Waals surface area contributed by atoms with E-state index in [-0.39, 0.29) is 5.28 Å². The molecule has 1 aliphatic heterocycles. The fourth-order valence-electron chi connectivity index (χ4n) is 3.73. The summed E-state index contributed by atoms with van der Waals surface area (Å²) in [5.41, 5.74) is 0.927. The van der Waals surface area contributed by atoms with Crippen molar-refractivity contribution in [3.8, 4) is 0 Å². The van der Waals surface area contributed by atoms with Crippen molar-refractivity contribution < 1.29 is 20.1 Å². The maximum absolute atomic E-state index is 10.3. The molecule has 142 valence electrons. The number of nitrogens with zero attached hydrogens (tertiary/aromatic N) is 4. The lowest BCUT2D eigenvalue weighted by Crippen LogP contribution is -2.33. The number of hydrogen-bond donors (Lipinski definition) is 4. The minimum Gasteiger partial charge on any atom is -0.394 e. The molecule has 0 radical (unpaired) electrons. The second-order valence-corrected chi connectivity index (χ2v) is 7.21. The zero-order valence-electron chi connectivity index (χ0n) is 14.1. The standard InChI is InChI=1S/C16H22ClN5O4/c17-16-20-13(19-8-4-2-1-3-5-8)10-14(21-16)22(7-18-10)15-12(25)11(24)9(6-23)26-15/h7-9,11-12,15,23-25H,1-6H2,(H,19,20,21)/t9-,11+,12+,15-/m1/s1. The Morgan fingerprint density at radius 2 is 1.96 bits per heavy atom. The molecule has 2 aliphatic rings. The van der Waals surface area contributed by atoms with Crippen LogP contribution in [-0.2, 0) is 4.74 Å². The zero-order valence-corrected chi connectivity index (χ0v) is 14.9. The molecule has 2 fully saturated rings. The molecule has 4 rings (SSSR count). The van der Waals surface area contributed by atoms with E-state index in [1.807, 2.05) is 0 Å². The third kappa shape index (κ3) is 3.14. The van der Waals surface area contributed by atoms with Crippen molar-refractivity contribution in [1.29, 1.82) is 0 Å². The van der Waals surface area contributed by atoms with Gasteiger partial charge in [0.15, 0.2) is 23.2 Å². The first kappa shape index (κ1) is 17.9. The number of imidazole rings is 1. The van der Waals surface area contributed by atoms with Crippen molar-refractivity contribution in [3.63, 3.8) is 0 Å². The Bertz CT molecular complexity index is 781. The van der Waals surface area contributed by atoms with Crippen molar-refractivity contribution >= 4 is 28.6 Å². The molecule has 0 unspecified atom stereocenters. The number of halogens is 1. The van der Waals surface area contributed by atoms with Gasteiger partial charge in [0.25, 0.3) is 0 Å².